The Kier molecular flexibility index (Phi) is 4.69. The molecule has 0 bridgehead atoms. The molecule has 0 fully saturated rings. The van der Waals surface area contributed by atoms with Gasteiger partial charge in [0.15, 0.2) is 5.78 Å². The monoisotopic (exact) mass is 339 g/mol. The van der Waals surface area contributed by atoms with Gasteiger partial charge in [0, 0.05) is 23.9 Å². The van der Waals surface area contributed by atoms with Crippen LogP contribution in [-0.4, -0.2) is 31.6 Å². The van der Waals surface area contributed by atoms with E-state index in [2.05, 4.69) is 20.6 Å². The van der Waals surface area contributed by atoms with E-state index in [1.165, 1.54) is 6.92 Å². The predicted octanol–water partition coefficient (Wildman–Crippen LogP) is 2.09. The summed E-state index contributed by atoms with van der Waals surface area (Å²) < 4.78 is 6.90. The number of Topliss-reactive ketones (excluding diaryl/α,β-unsaturated/α-hetero) is 1. The Labute approximate surface area is 143 Å². The van der Waals surface area contributed by atoms with E-state index in [-0.39, 0.29) is 18.2 Å². The highest BCUT2D eigenvalue weighted by atomic mass is 16.5. The number of carbonyl (C=O) groups is 2. The minimum absolute atomic E-state index is 0.0447. The number of aromatic nitrogens is 4. The largest absolute Gasteiger partial charge is 0.343 e. The van der Waals surface area contributed by atoms with Gasteiger partial charge >= 0.3 is 0 Å². The molecule has 1 aromatic carbocycles. The van der Waals surface area contributed by atoms with Crippen molar-refractivity contribution in [3.63, 3.8) is 0 Å². The van der Waals surface area contributed by atoms with Crippen LogP contribution in [0.15, 0.2) is 41.2 Å². The zero-order valence-electron chi connectivity index (χ0n) is 13.9. The van der Waals surface area contributed by atoms with Crippen LogP contribution < -0.4 is 5.32 Å². The first kappa shape index (κ1) is 16.6. The average molecular weight is 339 g/mol. The van der Waals surface area contributed by atoms with Crippen LogP contribution in [0.2, 0.25) is 0 Å². The number of aryl methyl sites for hydroxylation is 1. The van der Waals surface area contributed by atoms with Crippen molar-refractivity contribution in [1.82, 2.24) is 25.2 Å². The SMILES string of the molecule is CCn1cc(-c2noc(CNC(=O)c3ccc(C(C)=O)cc3)n2)cn1. The first-order valence-electron chi connectivity index (χ1n) is 7.81. The number of hydrogen-bond acceptors (Lipinski definition) is 6. The van der Waals surface area contributed by atoms with E-state index in [0.717, 1.165) is 12.1 Å². The lowest BCUT2D eigenvalue weighted by atomic mass is 10.1. The highest BCUT2D eigenvalue weighted by Gasteiger charge is 2.12. The average Bonchev–Trinajstić information content (AvgIpc) is 3.28. The second-order valence-corrected chi connectivity index (χ2v) is 5.41. The zero-order valence-corrected chi connectivity index (χ0v) is 13.9. The second kappa shape index (κ2) is 7.08. The van der Waals surface area contributed by atoms with Gasteiger partial charge in [-0.2, -0.15) is 10.1 Å². The van der Waals surface area contributed by atoms with Crippen molar-refractivity contribution < 1.29 is 14.1 Å². The number of amides is 1. The third-order valence-corrected chi connectivity index (χ3v) is 3.64. The van der Waals surface area contributed by atoms with Crippen LogP contribution in [0.25, 0.3) is 11.4 Å². The Morgan fingerprint density at radius 2 is 1.92 bits per heavy atom. The summed E-state index contributed by atoms with van der Waals surface area (Å²) >= 11 is 0. The fourth-order valence-corrected chi connectivity index (χ4v) is 2.21. The van der Waals surface area contributed by atoms with Crippen molar-refractivity contribution in [2.75, 3.05) is 0 Å². The van der Waals surface area contributed by atoms with Gasteiger partial charge in [-0.3, -0.25) is 14.3 Å². The van der Waals surface area contributed by atoms with E-state index < -0.39 is 0 Å². The van der Waals surface area contributed by atoms with Gasteiger partial charge in [-0.25, -0.2) is 0 Å². The van der Waals surface area contributed by atoms with Crippen molar-refractivity contribution >= 4 is 11.7 Å². The van der Waals surface area contributed by atoms with E-state index in [1.54, 1.807) is 35.1 Å². The maximum atomic E-state index is 12.1. The Hall–Kier alpha value is -3.29. The maximum Gasteiger partial charge on any atom is 0.251 e. The summed E-state index contributed by atoms with van der Waals surface area (Å²) in [5.41, 5.74) is 1.77. The highest BCUT2D eigenvalue weighted by molar-refractivity contribution is 5.97. The van der Waals surface area contributed by atoms with Crippen molar-refractivity contribution in [3.05, 3.63) is 53.7 Å². The van der Waals surface area contributed by atoms with Crippen molar-refractivity contribution in [3.8, 4) is 11.4 Å². The van der Waals surface area contributed by atoms with Gasteiger partial charge in [-0.15, -0.1) is 0 Å². The molecule has 3 rings (SSSR count). The molecule has 0 radical (unpaired) electrons. The van der Waals surface area contributed by atoms with Crippen LogP contribution >= 0.6 is 0 Å². The summed E-state index contributed by atoms with van der Waals surface area (Å²) in [7, 11) is 0. The van der Waals surface area contributed by atoms with E-state index in [4.69, 9.17) is 4.52 Å². The highest BCUT2D eigenvalue weighted by Crippen LogP contribution is 2.14. The van der Waals surface area contributed by atoms with Gasteiger partial charge in [-0.1, -0.05) is 17.3 Å². The van der Waals surface area contributed by atoms with Gasteiger partial charge in [-0.05, 0) is 26.0 Å². The molecule has 25 heavy (non-hydrogen) atoms. The summed E-state index contributed by atoms with van der Waals surface area (Å²) in [6.07, 6.45) is 3.48. The van der Waals surface area contributed by atoms with Crippen LogP contribution in [0.5, 0.6) is 0 Å². The molecule has 0 saturated carbocycles. The van der Waals surface area contributed by atoms with Gasteiger partial charge < -0.3 is 9.84 Å². The fraction of sp³-hybridized carbons (Fsp3) is 0.235. The molecule has 0 aliphatic rings. The molecular formula is C17H17N5O3. The number of ketones is 1. The first-order valence-corrected chi connectivity index (χ1v) is 7.81. The van der Waals surface area contributed by atoms with E-state index in [9.17, 15) is 9.59 Å². The third-order valence-electron chi connectivity index (χ3n) is 3.64. The summed E-state index contributed by atoms with van der Waals surface area (Å²) in [5, 5.41) is 10.7. The summed E-state index contributed by atoms with van der Waals surface area (Å²) in [4.78, 5) is 27.6. The number of nitrogens with zero attached hydrogens (tertiary/aromatic N) is 4. The quantitative estimate of drug-likeness (QED) is 0.690. The van der Waals surface area contributed by atoms with E-state index in [0.29, 0.717) is 22.8 Å². The minimum Gasteiger partial charge on any atom is -0.343 e. The smallest absolute Gasteiger partial charge is 0.251 e. The van der Waals surface area contributed by atoms with Crippen LogP contribution in [-0.2, 0) is 13.1 Å². The van der Waals surface area contributed by atoms with Gasteiger partial charge in [0.25, 0.3) is 5.91 Å². The lowest BCUT2D eigenvalue weighted by Gasteiger charge is -2.03. The molecule has 2 aromatic heterocycles. The number of nitrogens with one attached hydrogen (secondary N) is 1. The molecule has 0 aliphatic heterocycles. The molecule has 3 aromatic rings. The van der Waals surface area contributed by atoms with Crippen molar-refractivity contribution in [2.24, 2.45) is 0 Å². The third kappa shape index (κ3) is 3.79. The maximum absolute atomic E-state index is 12.1. The Bertz CT molecular complexity index is 895. The van der Waals surface area contributed by atoms with E-state index >= 15 is 0 Å². The fourth-order valence-electron chi connectivity index (χ4n) is 2.21. The predicted molar refractivity (Wildman–Crippen MR) is 88.8 cm³/mol. The Morgan fingerprint density at radius 3 is 2.56 bits per heavy atom. The molecule has 8 heteroatoms. The number of benzene rings is 1. The Morgan fingerprint density at radius 1 is 1.20 bits per heavy atom. The topological polar surface area (TPSA) is 103 Å². The van der Waals surface area contributed by atoms with Crippen molar-refractivity contribution in [1.29, 1.82) is 0 Å². The molecular weight excluding hydrogens is 322 g/mol. The van der Waals surface area contributed by atoms with Gasteiger partial charge in [0.2, 0.25) is 11.7 Å². The molecule has 0 spiro atoms. The molecule has 1 amide bonds. The van der Waals surface area contributed by atoms with Crippen LogP contribution in [0.4, 0.5) is 0 Å². The van der Waals surface area contributed by atoms with Gasteiger partial charge in [0.1, 0.15) is 0 Å². The lowest BCUT2D eigenvalue weighted by Crippen LogP contribution is -2.22. The molecule has 0 saturated heterocycles. The first-order chi connectivity index (χ1) is 12.1. The Balaban J connectivity index is 1.61. The summed E-state index contributed by atoms with van der Waals surface area (Å²) in [5.74, 6) is 0.396. The second-order valence-electron chi connectivity index (χ2n) is 5.41. The molecule has 0 atom stereocenters. The normalized spacial score (nSPS) is 10.6. The standard InChI is InChI=1S/C17H17N5O3/c1-3-22-10-14(8-19-22)16-20-15(25-21-16)9-18-17(24)13-6-4-12(5-7-13)11(2)23/h4-8,10H,3,9H2,1-2H3,(H,18,24). The zero-order chi connectivity index (χ0) is 17.8. The number of rotatable bonds is 6. The van der Waals surface area contributed by atoms with Crippen LogP contribution in [0.3, 0.4) is 0 Å². The van der Waals surface area contributed by atoms with Gasteiger partial charge in [0.05, 0.1) is 18.3 Å². The number of carbonyl (C=O) groups excluding carboxylic acids is 2. The minimum atomic E-state index is -0.284. The molecule has 1 N–H and O–H groups in total. The molecule has 8 nitrogen and oxygen atoms in total. The van der Waals surface area contributed by atoms with Crippen LogP contribution in [0.1, 0.15) is 40.5 Å². The molecule has 0 unspecified atom stereocenters. The van der Waals surface area contributed by atoms with Crippen LogP contribution in [0, 0.1) is 0 Å². The number of hydrogen-bond donors (Lipinski definition) is 1. The van der Waals surface area contributed by atoms with E-state index in [1.807, 2.05) is 13.1 Å². The van der Waals surface area contributed by atoms with Crippen molar-refractivity contribution in [2.45, 2.75) is 26.9 Å². The summed E-state index contributed by atoms with van der Waals surface area (Å²) in [6, 6.07) is 6.44. The molecule has 128 valence electrons. The summed E-state index contributed by atoms with van der Waals surface area (Å²) in [6.45, 7) is 4.33. The lowest BCUT2D eigenvalue weighted by molar-refractivity contribution is 0.0944. The molecule has 0 aliphatic carbocycles. The molecule has 2 heterocycles.